The maximum absolute atomic E-state index is 8.81. The van der Waals surface area contributed by atoms with E-state index in [4.69, 9.17) is 19.7 Å². The van der Waals surface area contributed by atoms with Crippen molar-refractivity contribution in [3.8, 4) is 0 Å². The first-order valence-electron chi connectivity index (χ1n) is 13.1. The van der Waals surface area contributed by atoms with Crippen molar-refractivity contribution >= 4 is 0 Å². The molecule has 0 aromatic carbocycles. The average molecular weight is 444 g/mol. The molecule has 0 aromatic heterocycles. The first kappa shape index (κ1) is 30.5. The van der Waals surface area contributed by atoms with Crippen molar-refractivity contribution in [3.63, 3.8) is 0 Å². The summed E-state index contributed by atoms with van der Waals surface area (Å²) in [4.78, 5) is 2.36. The minimum atomic E-state index is 0.0779. The molecule has 0 heterocycles. The van der Waals surface area contributed by atoms with Crippen LogP contribution >= 0.6 is 0 Å². The number of nitrogens with zero attached hydrogens (tertiary/aromatic N) is 1. The molecular formula is C26H53NO4. The highest BCUT2D eigenvalue weighted by Gasteiger charge is 2.05. The van der Waals surface area contributed by atoms with Gasteiger partial charge in [0.05, 0.1) is 39.6 Å². The second-order valence-corrected chi connectivity index (χ2v) is 8.45. The van der Waals surface area contributed by atoms with Crippen LogP contribution in [-0.4, -0.2) is 74.4 Å². The molecule has 186 valence electrons. The van der Waals surface area contributed by atoms with Gasteiger partial charge in [0.2, 0.25) is 0 Å². The van der Waals surface area contributed by atoms with Crippen molar-refractivity contribution < 1.29 is 19.7 Å². The van der Waals surface area contributed by atoms with Gasteiger partial charge >= 0.3 is 0 Å². The monoisotopic (exact) mass is 443 g/mol. The maximum Gasteiger partial charge on any atom is 0.0698 e. The Morgan fingerprint density at radius 2 is 1.00 bits per heavy atom. The van der Waals surface area contributed by atoms with E-state index in [0.29, 0.717) is 26.4 Å². The van der Waals surface area contributed by atoms with Crippen LogP contribution in [0.3, 0.4) is 0 Å². The van der Waals surface area contributed by atoms with E-state index < -0.39 is 0 Å². The van der Waals surface area contributed by atoms with Crippen LogP contribution in [-0.2, 0) is 9.47 Å². The van der Waals surface area contributed by atoms with E-state index >= 15 is 0 Å². The third-order valence-electron chi connectivity index (χ3n) is 5.56. The van der Waals surface area contributed by atoms with Crippen molar-refractivity contribution in [3.05, 3.63) is 12.2 Å². The Morgan fingerprint density at radius 1 is 0.548 bits per heavy atom. The second kappa shape index (κ2) is 27.6. The quantitative estimate of drug-likeness (QED) is 0.139. The Hall–Kier alpha value is -0.460. The zero-order valence-electron chi connectivity index (χ0n) is 20.6. The van der Waals surface area contributed by atoms with Crippen molar-refractivity contribution in [2.24, 2.45) is 0 Å². The van der Waals surface area contributed by atoms with Crippen LogP contribution < -0.4 is 0 Å². The van der Waals surface area contributed by atoms with Crippen molar-refractivity contribution in [2.75, 3.05) is 59.3 Å². The van der Waals surface area contributed by atoms with Gasteiger partial charge in [-0.15, -0.1) is 0 Å². The Labute approximate surface area is 193 Å². The molecule has 0 amide bonds. The molecule has 0 aliphatic carbocycles. The number of ether oxygens (including phenoxy) is 2. The van der Waals surface area contributed by atoms with Gasteiger partial charge in [-0.1, -0.05) is 76.9 Å². The standard InChI is InChI=1S/C26H53NO4/c1-2-3-4-5-6-7-8-9-10-11-12-13-14-15-16-17-18-27(19-23-30-25-21-28)20-24-31-26-22-29/h9-10,28-29H,2-8,11-26H2,1H3/b10-9+. The fourth-order valence-electron chi connectivity index (χ4n) is 3.64. The zero-order chi connectivity index (χ0) is 22.7. The number of hydrogen-bond donors (Lipinski definition) is 2. The molecule has 5 heteroatoms. The van der Waals surface area contributed by atoms with Crippen molar-refractivity contribution in [1.82, 2.24) is 4.90 Å². The molecule has 0 saturated heterocycles. The number of aliphatic hydroxyl groups is 2. The van der Waals surface area contributed by atoms with Gasteiger partial charge in [0.25, 0.3) is 0 Å². The van der Waals surface area contributed by atoms with Gasteiger partial charge in [0.1, 0.15) is 0 Å². The van der Waals surface area contributed by atoms with E-state index in [1.54, 1.807) is 0 Å². The summed E-state index contributed by atoms with van der Waals surface area (Å²) in [6, 6.07) is 0. The van der Waals surface area contributed by atoms with Crippen LogP contribution in [0.15, 0.2) is 12.2 Å². The molecule has 0 aromatic rings. The van der Waals surface area contributed by atoms with Gasteiger partial charge < -0.3 is 19.7 Å². The molecule has 5 nitrogen and oxygen atoms in total. The lowest BCUT2D eigenvalue weighted by atomic mass is 10.1. The maximum atomic E-state index is 8.81. The van der Waals surface area contributed by atoms with Crippen LogP contribution in [0.1, 0.15) is 96.8 Å². The molecule has 0 aliphatic rings. The van der Waals surface area contributed by atoms with E-state index in [0.717, 1.165) is 19.6 Å². The summed E-state index contributed by atoms with van der Waals surface area (Å²) in [7, 11) is 0. The highest BCUT2D eigenvalue weighted by molar-refractivity contribution is 4.81. The Morgan fingerprint density at radius 3 is 1.48 bits per heavy atom. The van der Waals surface area contributed by atoms with E-state index in [2.05, 4.69) is 24.0 Å². The van der Waals surface area contributed by atoms with Crippen molar-refractivity contribution in [1.29, 1.82) is 0 Å². The second-order valence-electron chi connectivity index (χ2n) is 8.45. The number of unbranched alkanes of at least 4 members (excludes halogenated alkanes) is 12. The smallest absolute Gasteiger partial charge is 0.0698 e. The highest BCUT2D eigenvalue weighted by Crippen LogP contribution is 2.10. The minimum Gasteiger partial charge on any atom is -0.394 e. The fraction of sp³-hybridized carbons (Fsp3) is 0.923. The predicted octanol–water partition coefficient (Wildman–Crippen LogP) is 5.34. The van der Waals surface area contributed by atoms with Gasteiger partial charge in [-0.25, -0.2) is 0 Å². The molecule has 0 fully saturated rings. The number of rotatable bonds is 26. The van der Waals surface area contributed by atoms with E-state index in [1.165, 1.54) is 89.9 Å². The SMILES string of the molecule is CCCCCCCC/C=C/CCCCCCCCN(CCOCCO)CCOCCO. The van der Waals surface area contributed by atoms with Crippen LogP contribution in [0, 0.1) is 0 Å². The third-order valence-corrected chi connectivity index (χ3v) is 5.56. The summed E-state index contributed by atoms with van der Waals surface area (Å²) >= 11 is 0. The van der Waals surface area contributed by atoms with E-state index in [-0.39, 0.29) is 13.2 Å². The summed E-state index contributed by atoms with van der Waals surface area (Å²) in [6.07, 6.45) is 23.4. The average Bonchev–Trinajstić information content (AvgIpc) is 2.78. The molecule has 0 atom stereocenters. The van der Waals surface area contributed by atoms with Crippen LogP contribution in [0.25, 0.3) is 0 Å². The molecule has 0 saturated carbocycles. The van der Waals surface area contributed by atoms with Gasteiger partial charge in [-0.05, 0) is 38.6 Å². The minimum absolute atomic E-state index is 0.0779. The molecule has 2 N–H and O–H groups in total. The molecule has 0 unspecified atom stereocenters. The molecule has 0 aliphatic heterocycles. The van der Waals surface area contributed by atoms with Crippen LogP contribution in [0.4, 0.5) is 0 Å². The molecule has 31 heavy (non-hydrogen) atoms. The first-order chi connectivity index (χ1) is 15.3. The zero-order valence-corrected chi connectivity index (χ0v) is 20.6. The molecule has 0 spiro atoms. The lowest BCUT2D eigenvalue weighted by molar-refractivity contribution is 0.0503. The van der Waals surface area contributed by atoms with Gasteiger partial charge in [-0.2, -0.15) is 0 Å². The Balaban J connectivity index is 3.53. The lowest BCUT2D eigenvalue weighted by Crippen LogP contribution is -2.32. The highest BCUT2D eigenvalue weighted by atomic mass is 16.5. The molecule has 0 bridgehead atoms. The normalized spacial score (nSPS) is 11.9. The summed E-state index contributed by atoms with van der Waals surface area (Å²) in [5.41, 5.74) is 0. The number of allylic oxidation sites excluding steroid dienone is 2. The number of hydrogen-bond acceptors (Lipinski definition) is 5. The van der Waals surface area contributed by atoms with E-state index in [9.17, 15) is 0 Å². The Kier molecular flexibility index (Phi) is 27.2. The van der Waals surface area contributed by atoms with Gasteiger partial charge in [0, 0.05) is 13.1 Å². The fourth-order valence-corrected chi connectivity index (χ4v) is 3.64. The molecule has 0 rings (SSSR count). The summed E-state index contributed by atoms with van der Waals surface area (Å²) in [5, 5.41) is 17.6. The van der Waals surface area contributed by atoms with Crippen molar-refractivity contribution in [2.45, 2.75) is 96.8 Å². The molecular weight excluding hydrogens is 390 g/mol. The summed E-state index contributed by atoms with van der Waals surface area (Å²) in [6.45, 7) is 7.33. The summed E-state index contributed by atoms with van der Waals surface area (Å²) in [5.74, 6) is 0. The van der Waals surface area contributed by atoms with Crippen LogP contribution in [0.2, 0.25) is 0 Å². The van der Waals surface area contributed by atoms with Gasteiger partial charge in [0.15, 0.2) is 0 Å². The predicted molar refractivity (Wildman–Crippen MR) is 132 cm³/mol. The van der Waals surface area contributed by atoms with Crippen LogP contribution in [0.5, 0.6) is 0 Å². The lowest BCUT2D eigenvalue weighted by Gasteiger charge is -2.22. The third kappa shape index (κ3) is 25.7. The van der Waals surface area contributed by atoms with E-state index in [1.807, 2.05) is 0 Å². The Bertz CT molecular complexity index is 340. The van der Waals surface area contributed by atoms with Gasteiger partial charge in [-0.3, -0.25) is 4.90 Å². The number of aliphatic hydroxyl groups excluding tert-OH is 2. The molecule has 0 radical (unpaired) electrons. The largest absolute Gasteiger partial charge is 0.394 e. The summed E-state index contributed by atoms with van der Waals surface area (Å²) < 4.78 is 10.8. The topological polar surface area (TPSA) is 62.2 Å². The first-order valence-corrected chi connectivity index (χ1v) is 13.1.